The van der Waals surface area contributed by atoms with Crippen molar-refractivity contribution in [2.45, 2.75) is 26.9 Å². The number of amides is 2. The number of likely N-dealkylation sites (N-methyl/N-ethyl adjacent to an activating group) is 1. The number of anilines is 1. The van der Waals surface area contributed by atoms with E-state index < -0.39 is 12.1 Å². The molecule has 0 spiro atoms. The van der Waals surface area contributed by atoms with Gasteiger partial charge < -0.3 is 15.0 Å². The molecule has 142 valence electrons. The molecule has 0 aliphatic rings. The number of benzene rings is 2. The second kappa shape index (κ2) is 8.98. The molecule has 0 saturated carbocycles. The van der Waals surface area contributed by atoms with Crippen molar-refractivity contribution in [1.29, 1.82) is 0 Å². The standard InChI is InChI=1S/C21H24N2O4/c1-14-10-11-17(12-15(14)2)20(25)22-13-19(24)27-16(3)21(26)23(4)18-8-6-5-7-9-18/h5-12,16H,13H2,1-4H3,(H,22,25)/t16-/m1/s1. The molecule has 2 aromatic carbocycles. The summed E-state index contributed by atoms with van der Waals surface area (Å²) >= 11 is 0. The minimum absolute atomic E-state index is 0.307. The third-order valence-corrected chi connectivity index (χ3v) is 4.29. The lowest BCUT2D eigenvalue weighted by Gasteiger charge is -2.21. The van der Waals surface area contributed by atoms with E-state index in [1.807, 2.05) is 38.1 Å². The molecule has 6 nitrogen and oxygen atoms in total. The predicted molar refractivity (Wildman–Crippen MR) is 104 cm³/mol. The Balaban J connectivity index is 1.86. The summed E-state index contributed by atoms with van der Waals surface area (Å²) in [4.78, 5) is 37.9. The van der Waals surface area contributed by atoms with Gasteiger partial charge in [0.1, 0.15) is 6.54 Å². The summed E-state index contributed by atoms with van der Waals surface area (Å²) in [7, 11) is 1.61. The summed E-state index contributed by atoms with van der Waals surface area (Å²) < 4.78 is 5.14. The molecular formula is C21H24N2O4. The van der Waals surface area contributed by atoms with Crippen LogP contribution >= 0.6 is 0 Å². The molecule has 0 aliphatic carbocycles. The molecular weight excluding hydrogens is 344 g/mol. The van der Waals surface area contributed by atoms with E-state index in [0.717, 1.165) is 11.1 Å². The topological polar surface area (TPSA) is 75.7 Å². The van der Waals surface area contributed by atoms with Crippen LogP contribution in [0.1, 0.15) is 28.4 Å². The van der Waals surface area contributed by atoms with Crippen LogP contribution in [0.4, 0.5) is 5.69 Å². The van der Waals surface area contributed by atoms with Crippen molar-refractivity contribution >= 4 is 23.5 Å². The molecule has 1 atom stereocenters. The SMILES string of the molecule is Cc1ccc(C(=O)NCC(=O)O[C@H](C)C(=O)N(C)c2ccccc2)cc1C. The first-order valence-electron chi connectivity index (χ1n) is 8.67. The maximum Gasteiger partial charge on any atom is 0.326 e. The zero-order chi connectivity index (χ0) is 20.0. The van der Waals surface area contributed by atoms with Crippen LogP contribution in [0.5, 0.6) is 0 Å². The lowest BCUT2D eigenvalue weighted by molar-refractivity contribution is -0.152. The quantitative estimate of drug-likeness (QED) is 0.796. The maximum absolute atomic E-state index is 12.4. The van der Waals surface area contributed by atoms with Gasteiger partial charge in [0.2, 0.25) is 0 Å². The molecule has 2 amide bonds. The fourth-order valence-electron chi connectivity index (χ4n) is 2.48. The molecule has 27 heavy (non-hydrogen) atoms. The van der Waals surface area contributed by atoms with Gasteiger partial charge in [-0.25, -0.2) is 0 Å². The Labute approximate surface area is 159 Å². The Kier molecular flexibility index (Phi) is 6.71. The summed E-state index contributed by atoms with van der Waals surface area (Å²) in [5.74, 6) is -1.39. The Morgan fingerprint density at radius 1 is 1.04 bits per heavy atom. The lowest BCUT2D eigenvalue weighted by atomic mass is 10.1. The number of ether oxygens (including phenoxy) is 1. The highest BCUT2D eigenvalue weighted by molar-refractivity contribution is 5.98. The summed E-state index contributed by atoms with van der Waals surface area (Å²) in [5, 5.41) is 2.51. The van der Waals surface area contributed by atoms with Crippen molar-refractivity contribution < 1.29 is 19.1 Å². The van der Waals surface area contributed by atoms with Crippen LogP contribution in [-0.2, 0) is 14.3 Å². The van der Waals surface area contributed by atoms with Crippen LogP contribution < -0.4 is 10.2 Å². The van der Waals surface area contributed by atoms with E-state index in [0.29, 0.717) is 11.3 Å². The number of nitrogens with one attached hydrogen (secondary N) is 1. The molecule has 2 rings (SSSR count). The first-order chi connectivity index (χ1) is 12.8. The summed E-state index contributed by atoms with van der Waals surface area (Å²) in [6, 6.07) is 14.4. The first-order valence-corrected chi connectivity index (χ1v) is 8.67. The van der Waals surface area contributed by atoms with Gasteiger partial charge in [-0.1, -0.05) is 24.3 Å². The minimum atomic E-state index is -0.957. The van der Waals surface area contributed by atoms with E-state index in [2.05, 4.69) is 5.32 Å². The number of esters is 1. The molecule has 0 saturated heterocycles. The summed E-state index contributed by atoms with van der Waals surface area (Å²) in [5.41, 5.74) is 3.25. The van der Waals surface area contributed by atoms with E-state index in [-0.39, 0.29) is 18.4 Å². The Morgan fingerprint density at radius 2 is 1.70 bits per heavy atom. The fraction of sp³-hybridized carbons (Fsp3) is 0.286. The van der Waals surface area contributed by atoms with Gasteiger partial charge >= 0.3 is 5.97 Å². The zero-order valence-electron chi connectivity index (χ0n) is 16.0. The van der Waals surface area contributed by atoms with Gasteiger partial charge in [-0.3, -0.25) is 14.4 Å². The molecule has 0 aliphatic heterocycles. The normalized spacial score (nSPS) is 11.4. The number of hydrogen-bond acceptors (Lipinski definition) is 4. The van der Waals surface area contributed by atoms with Crippen molar-refractivity contribution in [2.24, 2.45) is 0 Å². The number of carbonyl (C=O) groups excluding carboxylic acids is 3. The monoisotopic (exact) mass is 368 g/mol. The van der Waals surface area contributed by atoms with Crippen LogP contribution in [0.25, 0.3) is 0 Å². The number of aryl methyl sites for hydroxylation is 2. The van der Waals surface area contributed by atoms with Crippen molar-refractivity contribution in [2.75, 3.05) is 18.5 Å². The molecule has 0 radical (unpaired) electrons. The lowest BCUT2D eigenvalue weighted by Crippen LogP contribution is -2.39. The molecule has 6 heteroatoms. The smallest absolute Gasteiger partial charge is 0.326 e. The number of para-hydroxylation sites is 1. The van der Waals surface area contributed by atoms with Gasteiger partial charge in [-0.05, 0) is 56.2 Å². The molecule has 0 unspecified atom stereocenters. The average Bonchev–Trinajstić information content (AvgIpc) is 2.67. The van der Waals surface area contributed by atoms with Crippen LogP contribution in [0.15, 0.2) is 48.5 Å². The number of nitrogens with zero attached hydrogens (tertiary/aromatic N) is 1. The van der Waals surface area contributed by atoms with Crippen LogP contribution in [-0.4, -0.2) is 37.5 Å². The third-order valence-electron chi connectivity index (χ3n) is 4.29. The Bertz CT molecular complexity index is 833. The van der Waals surface area contributed by atoms with Gasteiger partial charge in [0.15, 0.2) is 6.10 Å². The van der Waals surface area contributed by atoms with Gasteiger partial charge in [-0.2, -0.15) is 0 Å². The largest absolute Gasteiger partial charge is 0.451 e. The van der Waals surface area contributed by atoms with Gasteiger partial charge in [0.25, 0.3) is 11.8 Å². The Morgan fingerprint density at radius 3 is 2.33 bits per heavy atom. The van der Waals surface area contributed by atoms with Crippen LogP contribution in [0.3, 0.4) is 0 Å². The second-order valence-corrected chi connectivity index (χ2v) is 6.35. The van der Waals surface area contributed by atoms with E-state index in [4.69, 9.17) is 4.74 Å². The maximum atomic E-state index is 12.4. The van der Waals surface area contributed by atoms with Crippen LogP contribution in [0, 0.1) is 13.8 Å². The molecule has 0 aromatic heterocycles. The second-order valence-electron chi connectivity index (χ2n) is 6.35. The number of carbonyl (C=O) groups is 3. The number of rotatable bonds is 6. The Hall–Kier alpha value is -3.15. The summed E-state index contributed by atoms with van der Waals surface area (Å²) in [6.07, 6.45) is -0.957. The molecule has 0 fully saturated rings. The highest BCUT2D eigenvalue weighted by atomic mass is 16.5. The van der Waals surface area contributed by atoms with Gasteiger partial charge in [-0.15, -0.1) is 0 Å². The summed E-state index contributed by atoms with van der Waals surface area (Å²) in [6.45, 7) is 5.07. The minimum Gasteiger partial charge on any atom is -0.451 e. The van der Waals surface area contributed by atoms with Gasteiger partial charge in [0, 0.05) is 18.3 Å². The van der Waals surface area contributed by atoms with Gasteiger partial charge in [0.05, 0.1) is 0 Å². The molecule has 1 N–H and O–H groups in total. The molecule has 2 aromatic rings. The van der Waals surface area contributed by atoms with E-state index in [9.17, 15) is 14.4 Å². The zero-order valence-corrected chi connectivity index (χ0v) is 16.0. The van der Waals surface area contributed by atoms with Crippen molar-refractivity contribution in [1.82, 2.24) is 5.32 Å². The highest BCUT2D eigenvalue weighted by Crippen LogP contribution is 2.13. The van der Waals surface area contributed by atoms with E-state index in [1.54, 1.807) is 31.3 Å². The van der Waals surface area contributed by atoms with Crippen molar-refractivity contribution in [3.05, 3.63) is 65.2 Å². The van der Waals surface area contributed by atoms with E-state index >= 15 is 0 Å². The highest BCUT2D eigenvalue weighted by Gasteiger charge is 2.22. The van der Waals surface area contributed by atoms with Crippen LogP contribution in [0.2, 0.25) is 0 Å². The average molecular weight is 368 g/mol. The van der Waals surface area contributed by atoms with Crippen molar-refractivity contribution in [3.8, 4) is 0 Å². The first kappa shape index (κ1) is 20.2. The molecule has 0 bridgehead atoms. The predicted octanol–water partition coefficient (Wildman–Crippen LogP) is 2.63. The molecule has 0 heterocycles. The van der Waals surface area contributed by atoms with E-state index in [1.165, 1.54) is 11.8 Å². The fourth-order valence-corrected chi connectivity index (χ4v) is 2.48. The number of hydrogen-bond donors (Lipinski definition) is 1. The van der Waals surface area contributed by atoms with Crippen molar-refractivity contribution in [3.63, 3.8) is 0 Å². The third kappa shape index (κ3) is 5.41.